The minimum absolute atomic E-state index is 0.265. The summed E-state index contributed by atoms with van der Waals surface area (Å²) in [6.07, 6.45) is 0.606. The smallest absolute Gasteiger partial charge is 0.278 e. The van der Waals surface area contributed by atoms with Crippen LogP contribution in [0, 0.1) is 0 Å². The van der Waals surface area contributed by atoms with Crippen molar-refractivity contribution in [3.8, 4) is 22.8 Å². The van der Waals surface area contributed by atoms with Crippen molar-refractivity contribution < 1.29 is 14.3 Å². The number of methoxy groups -OCH3 is 2. The van der Waals surface area contributed by atoms with E-state index in [1.165, 1.54) is 11.3 Å². The zero-order valence-electron chi connectivity index (χ0n) is 16.4. The highest BCUT2D eigenvalue weighted by molar-refractivity contribution is 7.15. The number of hydrogen-bond donors (Lipinski definition) is 1. The molecule has 0 saturated carbocycles. The fourth-order valence-electron chi connectivity index (χ4n) is 3.41. The topological polar surface area (TPSA) is 91.2 Å². The van der Waals surface area contributed by atoms with E-state index in [2.05, 4.69) is 20.6 Å². The van der Waals surface area contributed by atoms with Gasteiger partial charge in [-0.15, -0.1) is 10.2 Å². The summed E-state index contributed by atoms with van der Waals surface area (Å²) in [6.45, 7) is 4.08. The average molecular weight is 399 g/mol. The first-order chi connectivity index (χ1) is 13.4. The number of ether oxygens (including phenoxy) is 2. The van der Waals surface area contributed by atoms with Crippen LogP contribution in [0.2, 0.25) is 0 Å². The van der Waals surface area contributed by atoms with Crippen molar-refractivity contribution in [1.29, 1.82) is 0 Å². The summed E-state index contributed by atoms with van der Waals surface area (Å²) in [7, 11) is 5.05. The van der Waals surface area contributed by atoms with Gasteiger partial charge in [0.25, 0.3) is 5.91 Å². The molecule has 0 unspecified atom stereocenters. The Bertz CT molecular complexity index is 1070. The van der Waals surface area contributed by atoms with Crippen molar-refractivity contribution in [3.63, 3.8) is 0 Å². The molecule has 0 atom stereocenters. The van der Waals surface area contributed by atoms with Crippen LogP contribution in [0.15, 0.2) is 12.1 Å². The Balaban J connectivity index is 1.68. The molecule has 28 heavy (non-hydrogen) atoms. The van der Waals surface area contributed by atoms with Gasteiger partial charge in [-0.05, 0) is 17.7 Å². The van der Waals surface area contributed by atoms with Crippen LogP contribution in [0.1, 0.15) is 46.4 Å². The number of nitrogens with zero attached hydrogens (tertiary/aromatic N) is 4. The molecule has 9 heteroatoms. The number of hydrogen-bond acceptors (Lipinski definition) is 7. The summed E-state index contributed by atoms with van der Waals surface area (Å²) < 4.78 is 12.6. The van der Waals surface area contributed by atoms with E-state index < -0.39 is 0 Å². The molecule has 0 saturated heterocycles. The molecule has 1 N–H and O–H groups in total. The molecule has 2 heterocycles. The Morgan fingerprint density at radius 2 is 1.93 bits per heavy atom. The molecule has 0 bridgehead atoms. The summed E-state index contributed by atoms with van der Waals surface area (Å²) in [6, 6.07) is 3.89. The van der Waals surface area contributed by atoms with Crippen LogP contribution in [0.3, 0.4) is 0 Å². The monoisotopic (exact) mass is 399 g/mol. The largest absolute Gasteiger partial charge is 0.493 e. The van der Waals surface area contributed by atoms with Gasteiger partial charge in [0.05, 0.1) is 19.9 Å². The lowest BCUT2D eigenvalue weighted by Crippen LogP contribution is -2.14. The van der Waals surface area contributed by atoms with Gasteiger partial charge in [0.1, 0.15) is 5.01 Å². The van der Waals surface area contributed by atoms with E-state index in [-0.39, 0.29) is 11.8 Å². The van der Waals surface area contributed by atoms with Gasteiger partial charge in [-0.3, -0.25) is 14.8 Å². The number of carbonyl (C=O) groups excluding carboxylic acids is 1. The normalized spacial score (nSPS) is 12.1. The fourth-order valence-corrected chi connectivity index (χ4v) is 4.15. The maximum atomic E-state index is 12.9. The van der Waals surface area contributed by atoms with Crippen molar-refractivity contribution in [2.75, 3.05) is 19.5 Å². The Hall–Kier alpha value is -2.94. The Labute approximate surface area is 166 Å². The molecule has 0 spiro atoms. The second kappa shape index (κ2) is 6.90. The number of anilines is 1. The number of aryl methyl sites for hydroxylation is 1. The van der Waals surface area contributed by atoms with E-state index in [1.54, 1.807) is 18.9 Å². The minimum atomic E-state index is -0.282. The molecular formula is C19H21N5O3S. The first-order valence-electron chi connectivity index (χ1n) is 8.88. The highest BCUT2D eigenvalue weighted by Gasteiger charge is 2.31. The summed E-state index contributed by atoms with van der Waals surface area (Å²) in [5.41, 5.74) is 4.28. The van der Waals surface area contributed by atoms with E-state index in [0.29, 0.717) is 28.7 Å². The van der Waals surface area contributed by atoms with Crippen molar-refractivity contribution in [3.05, 3.63) is 34.0 Å². The van der Waals surface area contributed by atoms with E-state index >= 15 is 0 Å². The quantitative estimate of drug-likeness (QED) is 0.554. The lowest BCUT2D eigenvalue weighted by molar-refractivity contribution is 0.102. The molecule has 1 aromatic carbocycles. The van der Waals surface area contributed by atoms with Gasteiger partial charge in [0.15, 0.2) is 17.2 Å². The number of benzene rings is 1. The fraction of sp³-hybridized carbons (Fsp3) is 0.368. The van der Waals surface area contributed by atoms with Gasteiger partial charge in [-0.25, -0.2) is 0 Å². The molecule has 0 radical (unpaired) electrons. The number of amides is 1. The molecular weight excluding hydrogens is 378 g/mol. The van der Waals surface area contributed by atoms with Crippen molar-refractivity contribution in [2.24, 2.45) is 7.05 Å². The zero-order valence-corrected chi connectivity index (χ0v) is 17.2. The van der Waals surface area contributed by atoms with Gasteiger partial charge in [0.2, 0.25) is 5.13 Å². The minimum Gasteiger partial charge on any atom is -0.493 e. The first-order valence-corrected chi connectivity index (χ1v) is 9.70. The molecule has 1 aliphatic carbocycles. The highest BCUT2D eigenvalue weighted by Crippen LogP contribution is 2.43. The number of carbonyl (C=O) groups is 1. The maximum Gasteiger partial charge on any atom is 0.278 e. The number of rotatable bonds is 5. The first kappa shape index (κ1) is 18.4. The molecule has 4 rings (SSSR count). The Morgan fingerprint density at radius 1 is 1.21 bits per heavy atom. The predicted octanol–water partition coefficient (Wildman–Crippen LogP) is 3.24. The summed E-state index contributed by atoms with van der Waals surface area (Å²) in [5.74, 6) is 1.30. The van der Waals surface area contributed by atoms with Crippen LogP contribution in [0.5, 0.6) is 11.5 Å². The number of fused-ring (bicyclic) bond motifs is 3. The molecule has 8 nitrogen and oxygen atoms in total. The molecule has 3 aromatic rings. The third-order valence-corrected chi connectivity index (χ3v) is 5.89. The van der Waals surface area contributed by atoms with Crippen LogP contribution in [0.25, 0.3) is 11.3 Å². The molecule has 0 aliphatic heterocycles. The molecule has 0 fully saturated rings. The average Bonchev–Trinajstić information content (AvgIpc) is 3.35. The highest BCUT2D eigenvalue weighted by atomic mass is 32.1. The van der Waals surface area contributed by atoms with Gasteiger partial charge in [-0.2, -0.15) is 5.10 Å². The Morgan fingerprint density at radius 3 is 2.57 bits per heavy atom. The second-order valence-corrected chi connectivity index (χ2v) is 7.90. The summed E-state index contributed by atoms with van der Waals surface area (Å²) in [4.78, 5) is 12.9. The molecule has 1 amide bonds. The van der Waals surface area contributed by atoms with E-state index in [4.69, 9.17) is 9.47 Å². The molecule has 2 aromatic heterocycles. The van der Waals surface area contributed by atoms with E-state index in [1.807, 2.05) is 33.0 Å². The van der Waals surface area contributed by atoms with Crippen molar-refractivity contribution >= 4 is 22.4 Å². The van der Waals surface area contributed by atoms with Gasteiger partial charge < -0.3 is 9.47 Å². The number of aromatic nitrogens is 4. The van der Waals surface area contributed by atoms with Crippen LogP contribution >= 0.6 is 11.3 Å². The SMILES string of the molecule is COc1cc2c(cc1OC)-c1c(c(C(=O)Nc3nnc(C(C)C)s3)nn1C)C2. The van der Waals surface area contributed by atoms with Gasteiger partial charge in [0, 0.05) is 30.5 Å². The third-order valence-electron chi connectivity index (χ3n) is 4.75. The molecule has 146 valence electrons. The van der Waals surface area contributed by atoms with Crippen LogP contribution in [-0.2, 0) is 13.5 Å². The third kappa shape index (κ3) is 2.91. The van der Waals surface area contributed by atoms with E-state index in [0.717, 1.165) is 27.4 Å². The lowest BCUT2D eigenvalue weighted by Gasteiger charge is -2.11. The van der Waals surface area contributed by atoms with E-state index in [9.17, 15) is 4.79 Å². The Kier molecular flexibility index (Phi) is 4.54. The van der Waals surface area contributed by atoms with Crippen molar-refractivity contribution in [2.45, 2.75) is 26.2 Å². The lowest BCUT2D eigenvalue weighted by atomic mass is 10.1. The van der Waals surface area contributed by atoms with Gasteiger partial charge in [-0.1, -0.05) is 25.2 Å². The summed E-state index contributed by atoms with van der Waals surface area (Å²) >= 11 is 1.38. The predicted molar refractivity (Wildman–Crippen MR) is 107 cm³/mol. The van der Waals surface area contributed by atoms with Crippen LogP contribution in [-0.4, -0.2) is 40.1 Å². The second-order valence-electron chi connectivity index (χ2n) is 6.89. The van der Waals surface area contributed by atoms with Crippen LogP contribution in [0.4, 0.5) is 5.13 Å². The molecule has 1 aliphatic rings. The summed E-state index contributed by atoms with van der Waals surface area (Å²) in [5, 5.41) is 16.8. The number of nitrogens with one attached hydrogen (secondary N) is 1. The maximum absolute atomic E-state index is 12.9. The van der Waals surface area contributed by atoms with Crippen molar-refractivity contribution in [1.82, 2.24) is 20.0 Å². The standard InChI is InChI=1S/C19H21N5O3S/c1-9(2)18-21-22-19(28-18)20-17(25)15-12-6-10-7-13(26-4)14(27-5)8-11(10)16(12)24(3)23-15/h7-9H,6H2,1-5H3,(H,20,22,25). The van der Waals surface area contributed by atoms with Gasteiger partial charge >= 0.3 is 0 Å². The van der Waals surface area contributed by atoms with Crippen LogP contribution < -0.4 is 14.8 Å². The zero-order chi connectivity index (χ0) is 20.0.